The molecule has 1 atom stereocenters. The number of aliphatic hydroxyl groups excluding tert-OH is 1. The number of aliphatic hydroxyl groups is 1. The van der Waals surface area contributed by atoms with Gasteiger partial charge in [-0.25, -0.2) is 0 Å². The number of aromatic nitrogens is 2. The Morgan fingerprint density at radius 2 is 2.00 bits per heavy atom. The zero-order valence-corrected chi connectivity index (χ0v) is 17.0. The fraction of sp³-hybridized carbons (Fsp3) is 0.591. The molecule has 0 bridgehead atoms. The minimum Gasteiger partial charge on any atom is -0.491 e. The quantitative estimate of drug-likeness (QED) is 0.643. The summed E-state index contributed by atoms with van der Waals surface area (Å²) in [6, 6.07) is 10.1. The molecule has 0 radical (unpaired) electrons. The molecule has 1 aromatic carbocycles. The minimum atomic E-state index is -0.451. The fourth-order valence-corrected chi connectivity index (χ4v) is 3.72. The molecule has 0 spiro atoms. The molecule has 2 heterocycles. The third kappa shape index (κ3) is 6.62. The van der Waals surface area contributed by atoms with Crippen molar-refractivity contribution in [2.75, 3.05) is 39.3 Å². The largest absolute Gasteiger partial charge is 0.491 e. The van der Waals surface area contributed by atoms with Gasteiger partial charge in [0.15, 0.2) is 0 Å². The summed E-state index contributed by atoms with van der Waals surface area (Å²) in [5.74, 6) is 0.873. The Kier molecular flexibility index (Phi) is 8.33. The van der Waals surface area contributed by atoms with E-state index in [2.05, 4.69) is 27.9 Å². The van der Waals surface area contributed by atoms with Crippen molar-refractivity contribution in [3.8, 4) is 5.75 Å². The van der Waals surface area contributed by atoms with E-state index in [-0.39, 0.29) is 0 Å². The summed E-state index contributed by atoms with van der Waals surface area (Å²) in [6.45, 7) is 9.01. The first-order valence-electron chi connectivity index (χ1n) is 10.6. The Bertz CT molecular complexity index is 671. The molecule has 3 rings (SSSR count). The maximum atomic E-state index is 10.4. The zero-order valence-electron chi connectivity index (χ0n) is 17.0. The molecular weight excluding hydrogens is 352 g/mol. The van der Waals surface area contributed by atoms with Crippen molar-refractivity contribution in [3.63, 3.8) is 0 Å². The monoisotopic (exact) mass is 386 g/mol. The summed E-state index contributed by atoms with van der Waals surface area (Å²) in [4.78, 5) is 4.73. The van der Waals surface area contributed by atoms with E-state index in [4.69, 9.17) is 4.74 Å². The number of hydrogen-bond acceptors (Lipinski definition) is 5. The predicted molar refractivity (Wildman–Crippen MR) is 111 cm³/mol. The molecule has 1 aliphatic rings. The number of rotatable bonds is 11. The molecule has 6 heteroatoms. The van der Waals surface area contributed by atoms with Crippen molar-refractivity contribution >= 4 is 0 Å². The molecule has 2 aromatic rings. The average molecular weight is 387 g/mol. The van der Waals surface area contributed by atoms with E-state index in [0.717, 1.165) is 50.6 Å². The van der Waals surface area contributed by atoms with Crippen molar-refractivity contribution in [1.82, 2.24) is 19.6 Å². The SMILES string of the molecule is CCN(CCn1cccn1)Cc1ccccc1OC[C@@H](O)CN1CCCCC1. The van der Waals surface area contributed by atoms with Gasteiger partial charge >= 0.3 is 0 Å². The van der Waals surface area contributed by atoms with Crippen LogP contribution in [0.1, 0.15) is 31.7 Å². The second kappa shape index (κ2) is 11.2. The molecule has 0 aliphatic carbocycles. The van der Waals surface area contributed by atoms with Gasteiger partial charge < -0.3 is 14.7 Å². The smallest absolute Gasteiger partial charge is 0.123 e. The van der Waals surface area contributed by atoms with Gasteiger partial charge in [0.1, 0.15) is 18.5 Å². The van der Waals surface area contributed by atoms with Crippen LogP contribution in [0, 0.1) is 0 Å². The molecule has 1 saturated heterocycles. The van der Waals surface area contributed by atoms with E-state index in [1.807, 2.05) is 41.3 Å². The number of likely N-dealkylation sites (tertiary alicyclic amines) is 1. The predicted octanol–water partition coefficient (Wildman–Crippen LogP) is 2.63. The molecule has 1 N–H and O–H groups in total. The van der Waals surface area contributed by atoms with Gasteiger partial charge in [-0.1, -0.05) is 31.5 Å². The van der Waals surface area contributed by atoms with Gasteiger partial charge in [0, 0.05) is 37.6 Å². The average Bonchev–Trinajstić information content (AvgIpc) is 3.24. The number of likely N-dealkylation sites (N-methyl/N-ethyl adjacent to an activating group) is 1. The lowest BCUT2D eigenvalue weighted by Crippen LogP contribution is -2.38. The molecular formula is C22H34N4O2. The second-order valence-corrected chi connectivity index (χ2v) is 7.57. The normalized spacial score (nSPS) is 16.4. The van der Waals surface area contributed by atoms with E-state index >= 15 is 0 Å². The molecule has 154 valence electrons. The summed E-state index contributed by atoms with van der Waals surface area (Å²) in [5.41, 5.74) is 1.16. The third-order valence-corrected chi connectivity index (χ3v) is 5.37. The summed E-state index contributed by atoms with van der Waals surface area (Å²) in [7, 11) is 0. The highest BCUT2D eigenvalue weighted by Crippen LogP contribution is 2.20. The van der Waals surface area contributed by atoms with E-state index in [0.29, 0.717) is 13.2 Å². The molecule has 0 saturated carbocycles. The van der Waals surface area contributed by atoms with Crippen LogP contribution in [0.2, 0.25) is 0 Å². The Hall–Kier alpha value is -1.89. The van der Waals surface area contributed by atoms with Crippen LogP contribution in [-0.4, -0.2) is 70.1 Å². The number of benzene rings is 1. The number of para-hydroxylation sites is 1. The van der Waals surface area contributed by atoms with E-state index in [1.165, 1.54) is 19.3 Å². The Morgan fingerprint density at radius 3 is 2.75 bits per heavy atom. The van der Waals surface area contributed by atoms with Crippen LogP contribution in [0.4, 0.5) is 0 Å². The van der Waals surface area contributed by atoms with Crippen molar-refractivity contribution in [1.29, 1.82) is 0 Å². The molecule has 1 aliphatic heterocycles. The van der Waals surface area contributed by atoms with Crippen molar-refractivity contribution in [2.24, 2.45) is 0 Å². The summed E-state index contributed by atoms with van der Waals surface area (Å²) >= 11 is 0. The first-order valence-corrected chi connectivity index (χ1v) is 10.6. The molecule has 1 aromatic heterocycles. The molecule has 0 unspecified atom stereocenters. The van der Waals surface area contributed by atoms with Crippen LogP contribution in [0.15, 0.2) is 42.7 Å². The van der Waals surface area contributed by atoms with Gasteiger partial charge in [-0.2, -0.15) is 5.10 Å². The van der Waals surface area contributed by atoms with Crippen LogP contribution in [0.5, 0.6) is 5.75 Å². The molecule has 1 fully saturated rings. The number of β-amino-alcohol motifs (C(OH)–C–C–N with tert-alkyl or cyclic N) is 1. The topological polar surface area (TPSA) is 53.8 Å². The first-order chi connectivity index (χ1) is 13.7. The van der Waals surface area contributed by atoms with Crippen molar-refractivity contribution in [2.45, 2.75) is 45.4 Å². The summed E-state index contributed by atoms with van der Waals surface area (Å²) in [6.07, 6.45) is 7.14. The highest BCUT2D eigenvalue weighted by Gasteiger charge is 2.16. The van der Waals surface area contributed by atoms with Crippen molar-refractivity contribution in [3.05, 3.63) is 48.3 Å². The molecule has 0 amide bonds. The minimum absolute atomic E-state index is 0.340. The van der Waals surface area contributed by atoms with Crippen LogP contribution >= 0.6 is 0 Å². The number of ether oxygens (including phenoxy) is 1. The summed E-state index contributed by atoms with van der Waals surface area (Å²) < 4.78 is 7.98. The van der Waals surface area contributed by atoms with Gasteiger partial charge in [-0.15, -0.1) is 0 Å². The maximum Gasteiger partial charge on any atom is 0.123 e. The van der Waals surface area contributed by atoms with Gasteiger partial charge in [-0.3, -0.25) is 9.58 Å². The Balaban J connectivity index is 1.49. The van der Waals surface area contributed by atoms with E-state index < -0.39 is 6.10 Å². The fourth-order valence-electron chi connectivity index (χ4n) is 3.72. The van der Waals surface area contributed by atoms with Crippen LogP contribution < -0.4 is 4.74 Å². The number of piperidine rings is 1. The lowest BCUT2D eigenvalue weighted by molar-refractivity contribution is 0.0611. The molecule has 28 heavy (non-hydrogen) atoms. The molecule has 6 nitrogen and oxygen atoms in total. The van der Waals surface area contributed by atoms with Crippen LogP contribution in [-0.2, 0) is 13.1 Å². The van der Waals surface area contributed by atoms with Gasteiger partial charge in [-0.05, 0) is 44.6 Å². The Labute approximate surface area is 168 Å². The number of hydrogen-bond donors (Lipinski definition) is 1. The van der Waals surface area contributed by atoms with E-state index in [9.17, 15) is 5.11 Å². The van der Waals surface area contributed by atoms with Gasteiger partial charge in [0.2, 0.25) is 0 Å². The summed E-state index contributed by atoms with van der Waals surface area (Å²) in [5, 5.41) is 14.7. The van der Waals surface area contributed by atoms with Gasteiger partial charge in [0.05, 0.1) is 6.54 Å². The number of nitrogens with zero attached hydrogens (tertiary/aromatic N) is 4. The zero-order chi connectivity index (χ0) is 19.6. The van der Waals surface area contributed by atoms with E-state index in [1.54, 1.807) is 0 Å². The first kappa shape index (κ1) is 20.8. The second-order valence-electron chi connectivity index (χ2n) is 7.57. The van der Waals surface area contributed by atoms with Gasteiger partial charge in [0.25, 0.3) is 0 Å². The van der Waals surface area contributed by atoms with Crippen LogP contribution in [0.25, 0.3) is 0 Å². The standard InChI is InChI=1S/C22H34N4O2/c1-2-24(15-16-26-14-8-11-23-26)17-20-9-4-5-10-22(20)28-19-21(27)18-25-12-6-3-7-13-25/h4-5,8-11,14,21,27H,2-3,6-7,12-13,15-19H2,1H3/t21-/m0/s1. The van der Waals surface area contributed by atoms with Crippen molar-refractivity contribution < 1.29 is 9.84 Å². The highest BCUT2D eigenvalue weighted by atomic mass is 16.5. The maximum absolute atomic E-state index is 10.4. The third-order valence-electron chi connectivity index (χ3n) is 5.37. The lowest BCUT2D eigenvalue weighted by Gasteiger charge is -2.28. The lowest BCUT2D eigenvalue weighted by atomic mass is 10.1. The van der Waals surface area contributed by atoms with Crippen LogP contribution in [0.3, 0.4) is 0 Å². The Morgan fingerprint density at radius 1 is 1.18 bits per heavy atom. The highest BCUT2D eigenvalue weighted by molar-refractivity contribution is 5.33.